The monoisotopic (exact) mass is 612 g/mol. The molecule has 200 valence electrons. The molecule has 0 bridgehead atoms. The summed E-state index contributed by atoms with van der Waals surface area (Å²) in [6, 6.07) is 16.9. The lowest BCUT2D eigenvalue weighted by Crippen LogP contribution is -2.53. The summed E-state index contributed by atoms with van der Waals surface area (Å²) in [4.78, 5) is 19.6. The fourth-order valence-electron chi connectivity index (χ4n) is 4.81. The minimum atomic E-state index is -3.73. The third kappa shape index (κ3) is 4.80. The van der Waals surface area contributed by atoms with Gasteiger partial charge >= 0.3 is 5.37 Å². The molecule has 0 spiro atoms. The highest BCUT2D eigenvalue weighted by atomic mass is 35.5. The molecule has 4 rings (SSSR count). The molecule has 1 aliphatic heterocycles. The van der Waals surface area contributed by atoms with E-state index in [0.717, 1.165) is 11.8 Å². The predicted molar refractivity (Wildman–Crippen MR) is 153 cm³/mol. The Bertz CT molecular complexity index is 1540. The molecular formula is C27H24Cl4N2O4S. The molecule has 0 fully saturated rings. The second-order valence-corrected chi connectivity index (χ2v) is 12.8. The number of hydrogen-bond acceptors (Lipinski definition) is 5. The van der Waals surface area contributed by atoms with Gasteiger partial charge in [-0.3, -0.25) is 14.7 Å². The number of benzene rings is 3. The van der Waals surface area contributed by atoms with Gasteiger partial charge in [-0.1, -0.05) is 59.1 Å². The van der Waals surface area contributed by atoms with Crippen LogP contribution in [0, 0.1) is 0 Å². The van der Waals surface area contributed by atoms with Crippen molar-refractivity contribution in [3.8, 4) is 5.75 Å². The van der Waals surface area contributed by atoms with Crippen LogP contribution >= 0.6 is 46.4 Å². The van der Waals surface area contributed by atoms with Crippen LogP contribution in [0.15, 0.2) is 70.6 Å². The molecule has 11 heteroatoms. The smallest absolute Gasteiger partial charge is 0.322 e. The summed E-state index contributed by atoms with van der Waals surface area (Å²) >= 11 is 25.0. The van der Waals surface area contributed by atoms with Crippen molar-refractivity contribution in [1.29, 1.82) is 0 Å². The molecule has 2 atom stereocenters. The maximum Gasteiger partial charge on any atom is 0.322 e. The van der Waals surface area contributed by atoms with E-state index in [4.69, 9.17) is 56.1 Å². The third-order valence-electron chi connectivity index (χ3n) is 6.90. The first-order chi connectivity index (χ1) is 17.7. The minimum absolute atomic E-state index is 0.0111. The highest BCUT2D eigenvalue weighted by Crippen LogP contribution is 2.54. The van der Waals surface area contributed by atoms with Gasteiger partial charge in [-0.05, 0) is 73.8 Å². The van der Waals surface area contributed by atoms with Gasteiger partial charge in [0.25, 0.3) is 0 Å². The van der Waals surface area contributed by atoms with Gasteiger partial charge in [-0.25, -0.2) is 8.42 Å². The van der Waals surface area contributed by atoms with Crippen LogP contribution in [0.25, 0.3) is 0 Å². The summed E-state index contributed by atoms with van der Waals surface area (Å²) in [6.07, 6.45) is 1.05. The highest BCUT2D eigenvalue weighted by molar-refractivity contribution is 7.90. The maximum absolute atomic E-state index is 13.3. The summed E-state index contributed by atoms with van der Waals surface area (Å²) in [5, 5.41) is 0.217. The number of carbonyl (C=O) groups excluding carboxylic acids is 1. The van der Waals surface area contributed by atoms with Gasteiger partial charge in [0.2, 0.25) is 0 Å². The lowest BCUT2D eigenvalue weighted by Gasteiger charge is -2.44. The van der Waals surface area contributed by atoms with Gasteiger partial charge in [0.15, 0.2) is 9.84 Å². The predicted octanol–water partition coefficient (Wildman–Crippen LogP) is 7.70. The lowest BCUT2D eigenvalue weighted by molar-refractivity contribution is 0.149. The molecular weight excluding hydrogens is 590 g/mol. The molecule has 0 radical (unpaired) electrons. The topological polar surface area (TPSA) is 76.0 Å². The SMILES string of the molecule is CCOc1cc(Cl)c(S(C)(=O)=O)cc1C1=N[C@@](C)(c2ccc(Cl)cc2)[C@@](C)(c2ccc(Cl)cc2)N1C(=O)Cl. The Morgan fingerprint density at radius 2 is 1.47 bits per heavy atom. The van der Waals surface area contributed by atoms with Crippen molar-refractivity contribution in [3.63, 3.8) is 0 Å². The first-order valence-corrected chi connectivity index (χ1v) is 14.9. The van der Waals surface area contributed by atoms with E-state index in [1.165, 1.54) is 17.0 Å². The average molecular weight is 614 g/mol. The molecule has 0 saturated carbocycles. The molecule has 38 heavy (non-hydrogen) atoms. The average Bonchev–Trinajstić information content (AvgIpc) is 3.08. The largest absolute Gasteiger partial charge is 0.493 e. The first-order valence-electron chi connectivity index (χ1n) is 11.5. The standard InChI is InChI=1S/C27H24Cl4N2O4S/c1-5-37-22-15-21(30)23(38(4,35)36)14-20(22)24-32-26(2,16-6-10-18(28)11-7-16)27(3,33(24)25(31)34)17-8-12-19(29)13-9-17/h6-15H,5H2,1-4H3/t26-,27+/m0/s1. The zero-order valence-electron chi connectivity index (χ0n) is 20.9. The number of nitrogens with zero attached hydrogens (tertiary/aromatic N) is 2. The first kappa shape index (κ1) is 28.7. The summed E-state index contributed by atoms with van der Waals surface area (Å²) in [5.41, 5.74) is -0.605. The summed E-state index contributed by atoms with van der Waals surface area (Å²) in [7, 11) is -3.73. The summed E-state index contributed by atoms with van der Waals surface area (Å²) in [5.74, 6) is 0.385. The summed E-state index contributed by atoms with van der Waals surface area (Å²) in [6.45, 7) is 5.75. The lowest BCUT2D eigenvalue weighted by atomic mass is 9.71. The Morgan fingerprint density at radius 3 is 1.95 bits per heavy atom. The van der Waals surface area contributed by atoms with Crippen molar-refractivity contribution in [1.82, 2.24) is 4.90 Å². The van der Waals surface area contributed by atoms with Gasteiger partial charge < -0.3 is 4.74 Å². The molecule has 0 saturated heterocycles. The number of aliphatic imine (C=N–C) groups is 1. The van der Waals surface area contributed by atoms with Gasteiger partial charge in [0, 0.05) is 22.4 Å². The van der Waals surface area contributed by atoms with E-state index in [2.05, 4.69) is 0 Å². The molecule has 0 aliphatic carbocycles. The van der Waals surface area contributed by atoms with Crippen LogP contribution < -0.4 is 4.74 Å². The van der Waals surface area contributed by atoms with Crippen LogP contribution in [0.4, 0.5) is 4.79 Å². The van der Waals surface area contributed by atoms with Crippen molar-refractivity contribution < 1.29 is 17.9 Å². The van der Waals surface area contributed by atoms with E-state index >= 15 is 0 Å². The molecule has 6 nitrogen and oxygen atoms in total. The van der Waals surface area contributed by atoms with Crippen molar-refractivity contribution in [2.75, 3.05) is 12.9 Å². The van der Waals surface area contributed by atoms with E-state index < -0.39 is 26.3 Å². The van der Waals surface area contributed by atoms with Gasteiger partial charge in [-0.15, -0.1) is 0 Å². The summed E-state index contributed by atoms with van der Waals surface area (Å²) < 4.78 is 31.0. The molecule has 0 N–H and O–H groups in total. The maximum atomic E-state index is 13.3. The number of sulfone groups is 1. The van der Waals surface area contributed by atoms with Crippen LogP contribution in [0.2, 0.25) is 15.1 Å². The normalized spacial score (nSPS) is 21.4. The zero-order chi connectivity index (χ0) is 28.0. The number of amides is 1. The van der Waals surface area contributed by atoms with Crippen molar-refractivity contribution >= 4 is 67.4 Å². The zero-order valence-corrected chi connectivity index (χ0v) is 24.8. The quantitative estimate of drug-likeness (QED) is 0.211. The Kier molecular flexibility index (Phi) is 7.83. The van der Waals surface area contributed by atoms with Crippen molar-refractivity contribution in [2.45, 2.75) is 36.7 Å². The molecule has 3 aromatic rings. The van der Waals surface area contributed by atoms with Crippen LogP contribution in [-0.4, -0.2) is 37.4 Å². The number of hydrogen-bond donors (Lipinski definition) is 0. The van der Waals surface area contributed by atoms with Crippen LogP contribution in [0.3, 0.4) is 0 Å². The molecule has 0 aromatic heterocycles. The Balaban J connectivity index is 2.11. The van der Waals surface area contributed by atoms with Crippen LogP contribution in [0.5, 0.6) is 5.75 Å². The van der Waals surface area contributed by atoms with E-state index in [-0.39, 0.29) is 33.7 Å². The molecule has 0 unspecified atom stereocenters. The second-order valence-electron chi connectivity index (χ2n) is 9.17. The highest BCUT2D eigenvalue weighted by Gasteiger charge is 2.59. The van der Waals surface area contributed by atoms with Gasteiger partial charge in [-0.2, -0.15) is 0 Å². The molecule has 1 heterocycles. The van der Waals surface area contributed by atoms with E-state index in [1.807, 2.05) is 26.0 Å². The van der Waals surface area contributed by atoms with Crippen molar-refractivity contribution in [3.05, 3.63) is 92.4 Å². The number of amidine groups is 1. The number of rotatable bonds is 6. The Morgan fingerprint density at radius 1 is 0.947 bits per heavy atom. The molecule has 1 aliphatic rings. The van der Waals surface area contributed by atoms with E-state index in [0.29, 0.717) is 15.6 Å². The molecule has 3 aromatic carbocycles. The fourth-order valence-corrected chi connectivity index (χ4v) is 6.63. The van der Waals surface area contributed by atoms with E-state index in [9.17, 15) is 13.2 Å². The minimum Gasteiger partial charge on any atom is -0.493 e. The molecule has 1 amide bonds. The second kappa shape index (κ2) is 10.4. The third-order valence-corrected chi connectivity index (χ3v) is 9.13. The Labute approximate surface area is 242 Å². The number of ether oxygens (including phenoxy) is 1. The number of halogens is 4. The van der Waals surface area contributed by atoms with Crippen molar-refractivity contribution in [2.24, 2.45) is 4.99 Å². The van der Waals surface area contributed by atoms with Crippen LogP contribution in [-0.2, 0) is 20.9 Å². The fraction of sp³-hybridized carbons (Fsp3) is 0.259. The van der Waals surface area contributed by atoms with Gasteiger partial charge in [0.1, 0.15) is 22.7 Å². The van der Waals surface area contributed by atoms with E-state index in [1.54, 1.807) is 43.3 Å². The van der Waals surface area contributed by atoms with Gasteiger partial charge in [0.05, 0.1) is 22.1 Å². The van der Waals surface area contributed by atoms with Crippen LogP contribution in [0.1, 0.15) is 37.5 Å². The number of carbonyl (C=O) groups is 1. The Hall–Kier alpha value is -2.29.